The molecule has 0 fully saturated rings. The summed E-state index contributed by atoms with van der Waals surface area (Å²) in [5.41, 5.74) is 1.21. The van der Waals surface area contributed by atoms with Crippen LogP contribution in [-0.4, -0.2) is 34.2 Å². The maximum Gasteiger partial charge on any atom is 0.335 e. The number of rotatable bonds is 3. The Morgan fingerprint density at radius 2 is 2.44 bits per heavy atom. The van der Waals surface area contributed by atoms with Crippen LogP contribution in [0.1, 0.15) is 15.9 Å². The summed E-state index contributed by atoms with van der Waals surface area (Å²) in [5, 5.41) is 14.7. The summed E-state index contributed by atoms with van der Waals surface area (Å²) in [4.78, 5) is 10.8. The number of hydrazone groups is 1. The Balaban J connectivity index is 2.07. The van der Waals surface area contributed by atoms with E-state index in [9.17, 15) is 4.79 Å². The van der Waals surface area contributed by atoms with Gasteiger partial charge in [-0.05, 0) is 17.7 Å². The molecule has 84 valence electrons. The number of carbonyl (C=O) groups is 1. The standard InChI is InChI=1S/C11H11ClN2O2/c12-10-5-13-14(7-10)6-8-2-1-3-9(4-8)11(15)16/h1-5,10H,6-7H2,(H,15,16). The first-order valence-electron chi connectivity index (χ1n) is 4.90. The topological polar surface area (TPSA) is 52.9 Å². The molecule has 1 aromatic carbocycles. The zero-order chi connectivity index (χ0) is 11.5. The lowest BCUT2D eigenvalue weighted by Crippen LogP contribution is -2.18. The number of halogens is 1. The minimum Gasteiger partial charge on any atom is -0.478 e. The van der Waals surface area contributed by atoms with Gasteiger partial charge in [-0.2, -0.15) is 5.10 Å². The van der Waals surface area contributed by atoms with Gasteiger partial charge in [0.25, 0.3) is 0 Å². The van der Waals surface area contributed by atoms with Crippen LogP contribution in [0.25, 0.3) is 0 Å². The number of aromatic carboxylic acids is 1. The molecule has 5 heteroatoms. The van der Waals surface area contributed by atoms with Gasteiger partial charge in [-0.25, -0.2) is 4.79 Å². The maximum absolute atomic E-state index is 10.8. The van der Waals surface area contributed by atoms with Crippen LogP contribution in [0, 0.1) is 0 Å². The Bertz CT molecular complexity index is 434. The summed E-state index contributed by atoms with van der Waals surface area (Å²) >= 11 is 5.87. The summed E-state index contributed by atoms with van der Waals surface area (Å²) in [6, 6.07) is 6.84. The van der Waals surface area contributed by atoms with E-state index in [1.165, 1.54) is 0 Å². The van der Waals surface area contributed by atoms with Gasteiger partial charge in [0.05, 0.1) is 24.0 Å². The van der Waals surface area contributed by atoms with Crippen LogP contribution in [0.2, 0.25) is 0 Å². The lowest BCUT2D eigenvalue weighted by molar-refractivity contribution is 0.0696. The molecule has 2 rings (SSSR count). The van der Waals surface area contributed by atoms with Crippen LogP contribution in [0.5, 0.6) is 0 Å². The first kappa shape index (κ1) is 11.0. The Morgan fingerprint density at radius 3 is 3.06 bits per heavy atom. The van der Waals surface area contributed by atoms with Gasteiger partial charge >= 0.3 is 5.97 Å². The van der Waals surface area contributed by atoms with Crippen LogP contribution < -0.4 is 0 Å². The Labute approximate surface area is 98.1 Å². The van der Waals surface area contributed by atoms with Crippen molar-refractivity contribution < 1.29 is 9.90 Å². The van der Waals surface area contributed by atoms with Crippen LogP contribution in [-0.2, 0) is 6.54 Å². The van der Waals surface area contributed by atoms with Crippen molar-refractivity contribution in [1.82, 2.24) is 5.01 Å². The molecular weight excluding hydrogens is 228 g/mol. The van der Waals surface area contributed by atoms with Crippen molar-refractivity contribution in [3.8, 4) is 0 Å². The predicted octanol–water partition coefficient (Wildman–Crippen LogP) is 1.79. The number of hydrogen-bond acceptors (Lipinski definition) is 3. The first-order chi connectivity index (χ1) is 7.65. The highest BCUT2D eigenvalue weighted by Gasteiger charge is 2.15. The second kappa shape index (κ2) is 4.53. The van der Waals surface area contributed by atoms with Gasteiger partial charge in [-0.3, -0.25) is 5.01 Å². The van der Waals surface area contributed by atoms with E-state index < -0.39 is 5.97 Å². The molecule has 0 saturated carbocycles. The molecule has 1 unspecified atom stereocenters. The predicted molar refractivity (Wildman–Crippen MR) is 61.9 cm³/mol. The minimum absolute atomic E-state index is 0.0531. The van der Waals surface area contributed by atoms with Gasteiger partial charge in [0.15, 0.2) is 0 Å². The Kier molecular flexibility index (Phi) is 3.10. The van der Waals surface area contributed by atoms with E-state index in [0.717, 1.165) is 5.56 Å². The molecule has 1 aliphatic heterocycles. The van der Waals surface area contributed by atoms with Crippen molar-refractivity contribution >= 4 is 23.8 Å². The number of nitrogens with zero attached hydrogens (tertiary/aromatic N) is 2. The molecule has 1 aliphatic rings. The summed E-state index contributed by atoms with van der Waals surface area (Å²) in [6.45, 7) is 1.25. The second-order valence-corrected chi connectivity index (χ2v) is 4.19. The van der Waals surface area contributed by atoms with Gasteiger partial charge in [0, 0.05) is 6.21 Å². The molecular formula is C11H11ClN2O2. The van der Waals surface area contributed by atoms with Crippen molar-refractivity contribution in [2.45, 2.75) is 11.9 Å². The van der Waals surface area contributed by atoms with E-state index in [4.69, 9.17) is 16.7 Å². The number of alkyl halides is 1. The highest BCUT2D eigenvalue weighted by molar-refractivity contribution is 6.28. The van der Waals surface area contributed by atoms with Crippen molar-refractivity contribution in [1.29, 1.82) is 0 Å². The van der Waals surface area contributed by atoms with E-state index in [1.54, 1.807) is 24.4 Å². The first-order valence-corrected chi connectivity index (χ1v) is 5.34. The fraction of sp³-hybridized carbons (Fsp3) is 0.273. The Morgan fingerprint density at radius 1 is 1.62 bits per heavy atom. The maximum atomic E-state index is 10.8. The molecule has 1 N–H and O–H groups in total. The van der Waals surface area contributed by atoms with Crippen molar-refractivity contribution in [2.24, 2.45) is 5.10 Å². The number of hydrogen-bond donors (Lipinski definition) is 1. The number of carboxylic acids is 1. The monoisotopic (exact) mass is 238 g/mol. The van der Waals surface area contributed by atoms with Crippen LogP contribution >= 0.6 is 11.6 Å². The average molecular weight is 239 g/mol. The zero-order valence-electron chi connectivity index (χ0n) is 8.51. The molecule has 1 atom stereocenters. The lowest BCUT2D eigenvalue weighted by atomic mass is 10.1. The highest BCUT2D eigenvalue weighted by Crippen LogP contribution is 2.13. The molecule has 0 spiro atoms. The SMILES string of the molecule is O=C(O)c1cccc(CN2CC(Cl)C=N2)c1. The molecule has 0 amide bonds. The fourth-order valence-corrected chi connectivity index (χ4v) is 1.79. The minimum atomic E-state index is -0.915. The van der Waals surface area contributed by atoms with Gasteiger partial charge in [-0.15, -0.1) is 11.6 Å². The van der Waals surface area contributed by atoms with Crippen molar-refractivity contribution in [3.63, 3.8) is 0 Å². The molecule has 0 saturated heterocycles. The quantitative estimate of drug-likeness (QED) is 0.817. The molecule has 16 heavy (non-hydrogen) atoms. The average Bonchev–Trinajstić information content (AvgIpc) is 2.64. The third kappa shape index (κ3) is 2.52. The Hall–Kier alpha value is -1.55. The smallest absolute Gasteiger partial charge is 0.335 e. The van der Waals surface area contributed by atoms with E-state index in [0.29, 0.717) is 18.7 Å². The third-order valence-electron chi connectivity index (χ3n) is 2.32. The number of benzene rings is 1. The highest BCUT2D eigenvalue weighted by atomic mass is 35.5. The molecule has 0 radical (unpaired) electrons. The third-order valence-corrected chi connectivity index (χ3v) is 2.57. The van der Waals surface area contributed by atoms with Gasteiger partial charge < -0.3 is 5.11 Å². The number of carboxylic acid groups (broad SMARTS) is 1. The van der Waals surface area contributed by atoms with Crippen LogP contribution in [0.4, 0.5) is 0 Å². The molecule has 0 aromatic heterocycles. The molecule has 4 nitrogen and oxygen atoms in total. The normalized spacial score (nSPS) is 19.1. The van der Waals surface area contributed by atoms with Gasteiger partial charge in [0.1, 0.15) is 0 Å². The van der Waals surface area contributed by atoms with Gasteiger partial charge in [0.2, 0.25) is 0 Å². The van der Waals surface area contributed by atoms with Crippen LogP contribution in [0.3, 0.4) is 0 Å². The summed E-state index contributed by atoms with van der Waals surface area (Å²) in [6.07, 6.45) is 1.68. The lowest BCUT2D eigenvalue weighted by Gasteiger charge is -2.14. The zero-order valence-corrected chi connectivity index (χ0v) is 9.26. The van der Waals surface area contributed by atoms with Crippen LogP contribution in [0.15, 0.2) is 29.4 Å². The van der Waals surface area contributed by atoms with E-state index in [1.807, 2.05) is 11.1 Å². The summed E-state index contributed by atoms with van der Waals surface area (Å²) in [7, 11) is 0. The largest absolute Gasteiger partial charge is 0.478 e. The van der Waals surface area contributed by atoms with Crippen molar-refractivity contribution in [3.05, 3.63) is 35.4 Å². The molecule has 0 bridgehead atoms. The molecule has 0 aliphatic carbocycles. The fourth-order valence-electron chi connectivity index (χ4n) is 1.58. The second-order valence-electron chi connectivity index (χ2n) is 3.63. The summed E-state index contributed by atoms with van der Waals surface area (Å²) in [5.74, 6) is -0.915. The van der Waals surface area contributed by atoms with Gasteiger partial charge in [-0.1, -0.05) is 12.1 Å². The van der Waals surface area contributed by atoms with E-state index >= 15 is 0 Å². The summed E-state index contributed by atoms with van der Waals surface area (Å²) < 4.78 is 0. The molecule has 1 aromatic rings. The van der Waals surface area contributed by atoms with E-state index in [2.05, 4.69) is 5.10 Å². The van der Waals surface area contributed by atoms with Crippen molar-refractivity contribution in [2.75, 3.05) is 6.54 Å². The molecule has 1 heterocycles. The van der Waals surface area contributed by atoms with E-state index in [-0.39, 0.29) is 5.38 Å².